The molecule has 1 aromatic carbocycles. The maximum Gasteiger partial charge on any atom is 0.272 e. The average molecular weight is 326 g/mol. The van der Waals surface area contributed by atoms with Crippen LogP contribution in [0, 0.1) is 6.92 Å². The molecule has 1 saturated heterocycles. The van der Waals surface area contributed by atoms with E-state index in [9.17, 15) is 9.90 Å². The lowest BCUT2D eigenvalue weighted by Gasteiger charge is -2.37. The molecule has 0 bridgehead atoms. The average Bonchev–Trinajstić information content (AvgIpc) is 2.61. The van der Waals surface area contributed by atoms with Crippen molar-refractivity contribution in [3.8, 4) is 5.75 Å². The van der Waals surface area contributed by atoms with Gasteiger partial charge in [0.15, 0.2) is 0 Å². The second kappa shape index (κ2) is 7.01. The molecule has 0 spiro atoms. The van der Waals surface area contributed by atoms with Crippen LogP contribution in [0.4, 0.5) is 0 Å². The van der Waals surface area contributed by atoms with Crippen LogP contribution in [0.1, 0.15) is 29.0 Å². The highest BCUT2D eigenvalue weighted by atomic mass is 16.5. The Morgan fingerprint density at radius 3 is 2.54 bits per heavy atom. The maximum absolute atomic E-state index is 12.5. The number of nitrogens with zero attached hydrogens (tertiary/aromatic N) is 2. The van der Waals surface area contributed by atoms with Crippen molar-refractivity contribution in [2.75, 3.05) is 19.7 Å². The number of aromatic nitrogens is 1. The maximum atomic E-state index is 12.5. The fourth-order valence-electron chi connectivity index (χ4n) is 2.83. The van der Waals surface area contributed by atoms with E-state index >= 15 is 0 Å². The van der Waals surface area contributed by atoms with Crippen LogP contribution in [-0.2, 0) is 0 Å². The second-order valence-corrected chi connectivity index (χ2v) is 6.28. The largest absolute Gasteiger partial charge is 0.491 e. The third-order valence-electron chi connectivity index (χ3n) is 4.34. The molecule has 126 valence electrons. The standard InChI is InChI=1S/C19H22N2O3/c1-15-6-5-9-17(20-15)18(22)21-12-10-19(23,11-13-21)14-24-16-7-3-2-4-8-16/h2-9,23H,10-14H2,1H3. The van der Waals surface area contributed by atoms with Crippen molar-refractivity contribution in [3.63, 3.8) is 0 Å². The number of para-hydroxylation sites is 1. The van der Waals surface area contributed by atoms with Gasteiger partial charge in [0, 0.05) is 18.8 Å². The first-order valence-corrected chi connectivity index (χ1v) is 8.19. The number of ether oxygens (including phenoxy) is 1. The summed E-state index contributed by atoms with van der Waals surface area (Å²) in [4.78, 5) is 18.5. The normalized spacial score (nSPS) is 16.7. The number of piperidine rings is 1. The summed E-state index contributed by atoms with van der Waals surface area (Å²) in [6, 6.07) is 14.9. The number of amides is 1. The van der Waals surface area contributed by atoms with E-state index in [1.165, 1.54) is 0 Å². The number of pyridine rings is 1. The molecule has 1 amide bonds. The first-order chi connectivity index (χ1) is 11.6. The first kappa shape index (κ1) is 16.5. The smallest absolute Gasteiger partial charge is 0.272 e. The Balaban J connectivity index is 1.55. The molecule has 2 aromatic rings. The van der Waals surface area contributed by atoms with Crippen LogP contribution >= 0.6 is 0 Å². The van der Waals surface area contributed by atoms with Gasteiger partial charge in [0.05, 0.1) is 0 Å². The van der Waals surface area contributed by atoms with Crippen LogP contribution in [0.2, 0.25) is 0 Å². The van der Waals surface area contributed by atoms with Gasteiger partial charge in [-0.3, -0.25) is 4.79 Å². The molecule has 24 heavy (non-hydrogen) atoms. The van der Waals surface area contributed by atoms with E-state index in [1.54, 1.807) is 11.0 Å². The number of hydrogen-bond donors (Lipinski definition) is 1. The van der Waals surface area contributed by atoms with E-state index < -0.39 is 5.60 Å². The quantitative estimate of drug-likeness (QED) is 0.937. The van der Waals surface area contributed by atoms with Gasteiger partial charge in [-0.2, -0.15) is 0 Å². The minimum Gasteiger partial charge on any atom is -0.491 e. The molecule has 1 fully saturated rings. The lowest BCUT2D eigenvalue weighted by atomic mass is 9.92. The van der Waals surface area contributed by atoms with Crippen LogP contribution in [0.15, 0.2) is 48.5 Å². The zero-order valence-corrected chi connectivity index (χ0v) is 13.8. The zero-order chi connectivity index (χ0) is 17.0. The summed E-state index contributed by atoms with van der Waals surface area (Å²) < 4.78 is 5.68. The van der Waals surface area contributed by atoms with Gasteiger partial charge in [-0.1, -0.05) is 24.3 Å². The van der Waals surface area contributed by atoms with Crippen molar-refractivity contribution in [2.45, 2.75) is 25.4 Å². The molecule has 3 rings (SSSR count). The van der Waals surface area contributed by atoms with E-state index in [-0.39, 0.29) is 12.5 Å². The minimum absolute atomic E-state index is 0.0790. The van der Waals surface area contributed by atoms with Crippen molar-refractivity contribution in [2.24, 2.45) is 0 Å². The van der Waals surface area contributed by atoms with Crippen molar-refractivity contribution >= 4 is 5.91 Å². The monoisotopic (exact) mass is 326 g/mol. The van der Waals surface area contributed by atoms with Gasteiger partial charge in [0.1, 0.15) is 23.7 Å². The van der Waals surface area contributed by atoms with Crippen molar-refractivity contribution in [1.29, 1.82) is 0 Å². The summed E-state index contributed by atoms with van der Waals surface area (Å²) >= 11 is 0. The van der Waals surface area contributed by atoms with E-state index in [0.29, 0.717) is 31.6 Å². The molecule has 5 nitrogen and oxygen atoms in total. The molecular weight excluding hydrogens is 304 g/mol. The van der Waals surface area contributed by atoms with Crippen LogP contribution in [0.3, 0.4) is 0 Å². The van der Waals surface area contributed by atoms with Gasteiger partial charge in [-0.25, -0.2) is 4.98 Å². The number of carbonyl (C=O) groups excluding carboxylic acids is 1. The number of hydrogen-bond acceptors (Lipinski definition) is 4. The Morgan fingerprint density at radius 2 is 1.88 bits per heavy atom. The Morgan fingerprint density at radius 1 is 1.17 bits per heavy atom. The Bertz CT molecular complexity index is 695. The number of carbonyl (C=O) groups is 1. The number of aryl methyl sites for hydroxylation is 1. The number of aliphatic hydroxyl groups is 1. The Labute approximate surface area is 141 Å². The summed E-state index contributed by atoms with van der Waals surface area (Å²) in [5, 5.41) is 10.7. The van der Waals surface area contributed by atoms with E-state index in [4.69, 9.17) is 4.74 Å². The third kappa shape index (κ3) is 3.92. The topological polar surface area (TPSA) is 62.7 Å². The lowest BCUT2D eigenvalue weighted by molar-refractivity contribution is -0.0476. The molecule has 5 heteroatoms. The molecule has 0 atom stereocenters. The molecule has 1 N–H and O–H groups in total. The van der Waals surface area contributed by atoms with Gasteiger partial charge in [0.25, 0.3) is 5.91 Å². The van der Waals surface area contributed by atoms with Gasteiger partial charge >= 0.3 is 0 Å². The number of likely N-dealkylation sites (tertiary alicyclic amines) is 1. The van der Waals surface area contributed by atoms with Crippen LogP contribution in [-0.4, -0.2) is 46.2 Å². The van der Waals surface area contributed by atoms with Gasteiger partial charge in [-0.15, -0.1) is 0 Å². The Kier molecular flexibility index (Phi) is 4.81. The third-order valence-corrected chi connectivity index (χ3v) is 4.34. The second-order valence-electron chi connectivity index (χ2n) is 6.28. The molecule has 1 aliphatic rings. The molecular formula is C19H22N2O3. The molecule has 0 aliphatic carbocycles. The number of benzene rings is 1. The van der Waals surface area contributed by atoms with Crippen LogP contribution in [0.25, 0.3) is 0 Å². The van der Waals surface area contributed by atoms with Crippen LogP contribution in [0.5, 0.6) is 5.75 Å². The highest BCUT2D eigenvalue weighted by Crippen LogP contribution is 2.24. The molecule has 0 saturated carbocycles. The molecule has 0 unspecified atom stereocenters. The molecule has 2 heterocycles. The fourth-order valence-corrected chi connectivity index (χ4v) is 2.83. The molecule has 1 aliphatic heterocycles. The predicted molar refractivity (Wildman–Crippen MR) is 91.0 cm³/mol. The van der Waals surface area contributed by atoms with Gasteiger partial charge in [-0.05, 0) is 44.0 Å². The SMILES string of the molecule is Cc1cccc(C(=O)N2CCC(O)(COc3ccccc3)CC2)n1. The lowest BCUT2D eigenvalue weighted by Crippen LogP contribution is -2.49. The summed E-state index contributed by atoms with van der Waals surface area (Å²) in [5.41, 5.74) is 0.388. The van der Waals surface area contributed by atoms with E-state index in [1.807, 2.05) is 49.4 Å². The van der Waals surface area contributed by atoms with Gasteiger partial charge in [0.2, 0.25) is 0 Å². The fraction of sp³-hybridized carbons (Fsp3) is 0.368. The van der Waals surface area contributed by atoms with Crippen molar-refractivity contribution in [1.82, 2.24) is 9.88 Å². The summed E-state index contributed by atoms with van der Waals surface area (Å²) in [7, 11) is 0. The Hall–Kier alpha value is -2.40. The van der Waals surface area contributed by atoms with E-state index in [0.717, 1.165) is 11.4 Å². The summed E-state index contributed by atoms with van der Waals surface area (Å²) in [6.07, 6.45) is 0.995. The summed E-state index contributed by atoms with van der Waals surface area (Å²) in [5.74, 6) is 0.665. The van der Waals surface area contributed by atoms with Crippen LogP contribution < -0.4 is 4.74 Å². The summed E-state index contributed by atoms with van der Waals surface area (Å²) in [6.45, 7) is 3.11. The highest BCUT2D eigenvalue weighted by molar-refractivity contribution is 5.92. The number of rotatable bonds is 4. The first-order valence-electron chi connectivity index (χ1n) is 8.19. The molecule has 1 aromatic heterocycles. The highest BCUT2D eigenvalue weighted by Gasteiger charge is 2.35. The minimum atomic E-state index is -0.896. The van der Waals surface area contributed by atoms with Gasteiger partial charge < -0.3 is 14.7 Å². The van der Waals surface area contributed by atoms with Crippen molar-refractivity contribution in [3.05, 3.63) is 59.9 Å². The molecule has 0 radical (unpaired) electrons. The zero-order valence-electron chi connectivity index (χ0n) is 13.8. The van der Waals surface area contributed by atoms with E-state index in [2.05, 4.69) is 4.98 Å². The predicted octanol–water partition coefficient (Wildman–Crippen LogP) is 2.44. The van der Waals surface area contributed by atoms with Crippen molar-refractivity contribution < 1.29 is 14.6 Å².